The number of rotatable bonds is 4. The van der Waals surface area contributed by atoms with E-state index in [0.29, 0.717) is 16.6 Å². The third-order valence-corrected chi connectivity index (χ3v) is 4.17. The van der Waals surface area contributed by atoms with Gasteiger partial charge in [-0.3, -0.25) is 9.89 Å². The highest BCUT2D eigenvalue weighted by Crippen LogP contribution is 2.20. The molecule has 7 heteroatoms. The lowest BCUT2D eigenvalue weighted by Gasteiger charge is -2.12. The second-order valence-corrected chi connectivity index (χ2v) is 6.05. The van der Waals surface area contributed by atoms with Crippen LogP contribution in [0.5, 0.6) is 0 Å². The highest BCUT2D eigenvalue weighted by molar-refractivity contribution is 5.88. The summed E-state index contributed by atoms with van der Waals surface area (Å²) in [4.78, 5) is 31.6. The van der Waals surface area contributed by atoms with Crippen molar-refractivity contribution in [1.82, 2.24) is 20.2 Å². The van der Waals surface area contributed by atoms with Gasteiger partial charge in [-0.2, -0.15) is 5.10 Å². The van der Waals surface area contributed by atoms with Crippen molar-refractivity contribution >= 4 is 16.9 Å². The minimum absolute atomic E-state index is 0.226. The number of nitrogens with one attached hydrogen (secondary N) is 2. The van der Waals surface area contributed by atoms with E-state index in [2.05, 4.69) is 20.2 Å². The Morgan fingerprint density at radius 1 is 1.07 bits per heavy atom. The molecule has 0 saturated heterocycles. The average Bonchev–Trinajstić information content (AvgIpc) is 3.19. The van der Waals surface area contributed by atoms with Gasteiger partial charge in [-0.1, -0.05) is 42.5 Å². The monoisotopic (exact) mass is 360 g/mol. The quantitative estimate of drug-likeness (QED) is 0.544. The summed E-state index contributed by atoms with van der Waals surface area (Å²) in [6, 6.07) is 18.1. The van der Waals surface area contributed by atoms with Gasteiger partial charge in [-0.25, -0.2) is 9.78 Å². The van der Waals surface area contributed by atoms with Crippen LogP contribution in [-0.2, 0) is 4.74 Å². The lowest BCUT2D eigenvalue weighted by atomic mass is 10.1. The summed E-state index contributed by atoms with van der Waals surface area (Å²) in [6.45, 7) is 1.65. The molecule has 0 saturated carbocycles. The molecular weight excluding hydrogens is 344 g/mol. The Bertz CT molecular complexity index is 1160. The first-order valence-electron chi connectivity index (χ1n) is 8.42. The molecule has 0 amide bonds. The van der Waals surface area contributed by atoms with Crippen LogP contribution in [0, 0.1) is 0 Å². The highest BCUT2D eigenvalue weighted by Gasteiger charge is 2.19. The van der Waals surface area contributed by atoms with Crippen molar-refractivity contribution in [3.05, 3.63) is 82.5 Å². The van der Waals surface area contributed by atoms with Crippen molar-refractivity contribution in [3.8, 4) is 11.3 Å². The number of nitrogens with zero attached hydrogens (tertiary/aromatic N) is 2. The average molecular weight is 360 g/mol. The zero-order chi connectivity index (χ0) is 18.8. The molecule has 134 valence electrons. The van der Waals surface area contributed by atoms with Crippen LogP contribution in [0.15, 0.2) is 65.5 Å². The first-order valence-corrected chi connectivity index (χ1v) is 8.42. The summed E-state index contributed by atoms with van der Waals surface area (Å²) in [5.74, 6) is -0.289. The van der Waals surface area contributed by atoms with Gasteiger partial charge in [-0.15, -0.1) is 0 Å². The number of aromatic nitrogens is 4. The van der Waals surface area contributed by atoms with E-state index in [4.69, 9.17) is 4.74 Å². The van der Waals surface area contributed by atoms with Crippen LogP contribution < -0.4 is 5.56 Å². The first-order chi connectivity index (χ1) is 13.1. The Labute approximate surface area is 154 Å². The Balaban J connectivity index is 1.55. The molecule has 0 aliphatic rings. The topological polar surface area (TPSA) is 101 Å². The number of H-pyrrole nitrogens is 2. The summed E-state index contributed by atoms with van der Waals surface area (Å²) in [7, 11) is 0. The molecule has 2 N–H and O–H groups in total. The number of carbonyl (C=O) groups is 1. The predicted molar refractivity (Wildman–Crippen MR) is 100 cm³/mol. The number of hydrogen-bond donors (Lipinski definition) is 2. The fourth-order valence-corrected chi connectivity index (χ4v) is 2.76. The third kappa shape index (κ3) is 3.35. The maximum atomic E-state index is 12.4. The van der Waals surface area contributed by atoms with Gasteiger partial charge in [0.2, 0.25) is 0 Å². The van der Waals surface area contributed by atoms with Gasteiger partial charge in [0.15, 0.2) is 11.9 Å². The number of esters is 1. The smallest absolute Gasteiger partial charge is 0.357 e. The Morgan fingerprint density at radius 3 is 2.63 bits per heavy atom. The Kier molecular flexibility index (Phi) is 4.25. The maximum absolute atomic E-state index is 12.4. The van der Waals surface area contributed by atoms with Gasteiger partial charge < -0.3 is 9.72 Å². The van der Waals surface area contributed by atoms with Gasteiger partial charge in [0, 0.05) is 5.56 Å². The second-order valence-electron chi connectivity index (χ2n) is 6.05. The lowest BCUT2D eigenvalue weighted by molar-refractivity contribution is 0.0313. The van der Waals surface area contributed by atoms with E-state index in [-0.39, 0.29) is 17.1 Å². The highest BCUT2D eigenvalue weighted by atomic mass is 16.5. The first kappa shape index (κ1) is 16.7. The van der Waals surface area contributed by atoms with Gasteiger partial charge >= 0.3 is 5.97 Å². The lowest BCUT2D eigenvalue weighted by Crippen LogP contribution is -2.17. The van der Waals surface area contributed by atoms with Crippen LogP contribution in [0.2, 0.25) is 0 Å². The van der Waals surface area contributed by atoms with E-state index in [1.165, 1.54) is 0 Å². The minimum atomic E-state index is -0.724. The molecule has 2 aromatic heterocycles. The molecule has 0 unspecified atom stereocenters. The van der Waals surface area contributed by atoms with Crippen molar-refractivity contribution in [2.24, 2.45) is 0 Å². The molecule has 7 nitrogen and oxygen atoms in total. The zero-order valence-corrected chi connectivity index (χ0v) is 14.5. The number of ether oxygens (including phenoxy) is 1. The Morgan fingerprint density at radius 2 is 1.81 bits per heavy atom. The molecule has 4 rings (SSSR count). The zero-order valence-electron chi connectivity index (χ0n) is 14.5. The van der Waals surface area contributed by atoms with Crippen LogP contribution in [-0.4, -0.2) is 26.1 Å². The van der Waals surface area contributed by atoms with Gasteiger partial charge in [0.1, 0.15) is 5.69 Å². The van der Waals surface area contributed by atoms with Crippen molar-refractivity contribution in [1.29, 1.82) is 0 Å². The van der Waals surface area contributed by atoms with E-state index < -0.39 is 12.1 Å². The van der Waals surface area contributed by atoms with E-state index in [0.717, 1.165) is 5.56 Å². The van der Waals surface area contributed by atoms with E-state index >= 15 is 0 Å². The fraction of sp³-hybridized carbons (Fsp3) is 0.100. The summed E-state index contributed by atoms with van der Waals surface area (Å²) in [5, 5.41) is 7.32. The molecule has 0 aliphatic heterocycles. The number of para-hydroxylation sites is 1. The molecule has 0 fully saturated rings. The molecule has 0 bridgehead atoms. The third-order valence-electron chi connectivity index (χ3n) is 4.17. The standard InChI is InChI=1S/C20H16N4O3/c1-12(18-21-15-10-6-5-9-14(15)19(25)22-18)27-20(26)17-11-16(23-24-17)13-7-3-2-4-8-13/h2-12H,1H3,(H,23,24)(H,21,22,25)/t12-/m0/s1. The van der Waals surface area contributed by atoms with Crippen molar-refractivity contribution in [2.45, 2.75) is 13.0 Å². The van der Waals surface area contributed by atoms with Crippen LogP contribution in [0.1, 0.15) is 29.3 Å². The largest absolute Gasteiger partial charge is 0.450 e. The number of benzene rings is 2. The summed E-state index contributed by atoms with van der Waals surface area (Å²) >= 11 is 0. The number of fused-ring (bicyclic) bond motifs is 1. The molecule has 27 heavy (non-hydrogen) atoms. The van der Waals surface area contributed by atoms with E-state index in [1.807, 2.05) is 30.3 Å². The maximum Gasteiger partial charge on any atom is 0.357 e. The number of hydrogen-bond acceptors (Lipinski definition) is 5. The normalized spacial score (nSPS) is 12.0. The number of carbonyl (C=O) groups excluding carboxylic acids is 1. The van der Waals surface area contributed by atoms with Gasteiger partial charge in [0.25, 0.3) is 5.56 Å². The van der Waals surface area contributed by atoms with Crippen LogP contribution in [0.25, 0.3) is 22.2 Å². The molecule has 2 heterocycles. The molecule has 0 spiro atoms. The fourth-order valence-electron chi connectivity index (χ4n) is 2.76. The minimum Gasteiger partial charge on any atom is -0.450 e. The predicted octanol–water partition coefficient (Wildman–Crippen LogP) is 3.23. The summed E-state index contributed by atoms with van der Waals surface area (Å²) in [6.07, 6.45) is -0.724. The van der Waals surface area contributed by atoms with Gasteiger partial charge in [-0.05, 0) is 25.1 Å². The molecule has 1 atom stereocenters. The van der Waals surface area contributed by atoms with E-state index in [9.17, 15) is 9.59 Å². The SMILES string of the molecule is C[C@H](OC(=O)c1cc(-c2ccccc2)n[nH]1)c1nc2ccccc2c(=O)[nH]1. The Hall–Kier alpha value is -3.74. The summed E-state index contributed by atoms with van der Waals surface area (Å²) < 4.78 is 5.43. The van der Waals surface area contributed by atoms with E-state index in [1.54, 1.807) is 37.3 Å². The second kappa shape index (κ2) is 6.87. The van der Waals surface area contributed by atoms with Crippen LogP contribution >= 0.6 is 0 Å². The van der Waals surface area contributed by atoms with Crippen molar-refractivity contribution < 1.29 is 9.53 Å². The molecular formula is C20H16N4O3. The molecule has 0 aliphatic carbocycles. The summed E-state index contributed by atoms with van der Waals surface area (Å²) in [5.41, 5.74) is 2.04. The molecule has 4 aromatic rings. The van der Waals surface area contributed by atoms with Crippen molar-refractivity contribution in [2.75, 3.05) is 0 Å². The van der Waals surface area contributed by atoms with Gasteiger partial charge in [0.05, 0.1) is 16.6 Å². The van der Waals surface area contributed by atoms with Crippen LogP contribution in [0.4, 0.5) is 0 Å². The van der Waals surface area contributed by atoms with Crippen LogP contribution in [0.3, 0.4) is 0 Å². The van der Waals surface area contributed by atoms with Crippen molar-refractivity contribution in [3.63, 3.8) is 0 Å². The number of aromatic amines is 2. The molecule has 0 radical (unpaired) electrons. The molecule has 2 aromatic carbocycles.